The molecule has 0 aliphatic rings. The van der Waals surface area contributed by atoms with E-state index >= 15 is 0 Å². The number of hydrogen-bond donors (Lipinski definition) is 0. The third-order valence-electron chi connectivity index (χ3n) is 2.25. The first-order valence-electron chi connectivity index (χ1n) is 4.94. The van der Waals surface area contributed by atoms with Crippen molar-refractivity contribution in [3.8, 4) is 0 Å². The molecule has 0 radical (unpaired) electrons. The van der Waals surface area contributed by atoms with E-state index in [9.17, 15) is 8.42 Å². The molecule has 0 fully saturated rings. The van der Waals surface area contributed by atoms with Gasteiger partial charge in [-0.15, -0.1) is 0 Å². The summed E-state index contributed by atoms with van der Waals surface area (Å²) in [5.41, 5.74) is 0. The molecule has 0 saturated heterocycles. The van der Waals surface area contributed by atoms with Crippen molar-refractivity contribution in [1.29, 1.82) is 0 Å². The summed E-state index contributed by atoms with van der Waals surface area (Å²) in [6.07, 6.45) is 3.56. The quantitative estimate of drug-likeness (QED) is 0.680. The highest BCUT2D eigenvalue weighted by molar-refractivity contribution is 7.98. The molecular formula is C9H21NO2S2. The summed E-state index contributed by atoms with van der Waals surface area (Å²) in [5.74, 6) is 1.13. The molecule has 0 aromatic heterocycles. The average Bonchev–Trinajstić information content (AvgIpc) is 2.13. The summed E-state index contributed by atoms with van der Waals surface area (Å²) in [6.45, 7) is 3.92. The van der Waals surface area contributed by atoms with Crippen LogP contribution in [0.2, 0.25) is 0 Å². The van der Waals surface area contributed by atoms with Gasteiger partial charge in [0.05, 0.1) is 5.75 Å². The van der Waals surface area contributed by atoms with Gasteiger partial charge in [0.25, 0.3) is 0 Å². The van der Waals surface area contributed by atoms with Gasteiger partial charge in [-0.05, 0) is 19.1 Å². The number of rotatable bonds is 7. The molecule has 5 heteroatoms. The maximum absolute atomic E-state index is 11.7. The lowest BCUT2D eigenvalue weighted by molar-refractivity contribution is 0.385. The van der Waals surface area contributed by atoms with E-state index in [1.807, 2.05) is 20.1 Å². The van der Waals surface area contributed by atoms with Crippen LogP contribution in [0.3, 0.4) is 0 Å². The Morgan fingerprint density at radius 2 is 1.93 bits per heavy atom. The molecule has 0 heterocycles. The minimum Gasteiger partial charge on any atom is -0.212 e. The van der Waals surface area contributed by atoms with Crippen molar-refractivity contribution < 1.29 is 8.42 Å². The van der Waals surface area contributed by atoms with E-state index in [4.69, 9.17) is 0 Å². The second-order valence-corrected chi connectivity index (χ2v) is 6.41. The van der Waals surface area contributed by atoms with Crippen molar-refractivity contribution in [1.82, 2.24) is 4.31 Å². The van der Waals surface area contributed by atoms with E-state index in [1.54, 1.807) is 18.8 Å². The first kappa shape index (κ1) is 14.3. The van der Waals surface area contributed by atoms with E-state index in [-0.39, 0.29) is 11.8 Å². The van der Waals surface area contributed by atoms with E-state index in [2.05, 4.69) is 0 Å². The highest BCUT2D eigenvalue weighted by Gasteiger charge is 2.23. The SMILES string of the molecule is CCCS(=O)(=O)N(C)C(CC)CSC. The van der Waals surface area contributed by atoms with Crippen LogP contribution < -0.4 is 0 Å². The smallest absolute Gasteiger partial charge is 0.212 e. The van der Waals surface area contributed by atoms with Gasteiger partial charge in [0.2, 0.25) is 10.0 Å². The van der Waals surface area contributed by atoms with Gasteiger partial charge in [-0.2, -0.15) is 11.8 Å². The van der Waals surface area contributed by atoms with Crippen LogP contribution in [0, 0.1) is 0 Å². The van der Waals surface area contributed by atoms with Crippen LogP contribution in [-0.4, -0.2) is 43.6 Å². The van der Waals surface area contributed by atoms with Crippen LogP contribution in [0.1, 0.15) is 26.7 Å². The topological polar surface area (TPSA) is 37.4 Å². The summed E-state index contributed by atoms with van der Waals surface area (Å²) in [4.78, 5) is 0. The molecule has 1 unspecified atom stereocenters. The zero-order chi connectivity index (χ0) is 11.2. The summed E-state index contributed by atoms with van der Waals surface area (Å²) in [7, 11) is -1.33. The van der Waals surface area contributed by atoms with Crippen molar-refractivity contribution in [3.63, 3.8) is 0 Å². The van der Waals surface area contributed by atoms with Crippen LogP contribution in [0.5, 0.6) is 0 Å². The third kappa shape index (κ3) is 4.19. The predicted octanol–water partition coefficient (Wildman–Crippen LogP) is 1.80. The average molecular weight is 239 g/mol. The van der Waals surface area contributed by atoms with Crippen LogP contribution >= 0.6 is 11.8 Å². The van der Waals surface area contributed by atoms with Gasteiger partial charge in [-0.3, -0.25) is 0 Å². The molecule has 0 spiro atoms. The molecule has 0 N–H and O–H groups in total. The Hall–Kier alpha value is 0.260. The van der Waals surface area contributed by atoms with Crippen molar-refractivity contribution in [2.75, 3.05) is 24.8 Å². The lowest BCUT2D eigenvalue weighted by atomic mass is 10.3. The number of nitrogens with zero attached hydrogens (tertiary/aromatic N) is 1. The first-order chi connectivity index (χ1) is 6.49. The Morgan fingerprint density at radius 1 is 1.36 bits per heavy atom. The van der Waals surface area contributed by atoms with Crippen LogP contribution in [0.25, 0.3) is 0 Å². The lowest BCUT2D eigenvalue weighted by Gasteiger charge is -2.25. The second-order valence-electron chi connectivity index (χ2n) is 3.35. The molecule has 0 bridgehead atoms. The molecule has 0 saturated carbocycles. The van der Waals surface area contributed by atoms with Gasteiger partial charge in [0.15, 0.2) is 0 Å². The summed E-state index contributed by atoms with van der Waals surface area (Å²) >= 11 is 1.69. The Balaban J connectivity index is 4.47. The van der Waals surface area contributed by atoms with Gasteiger partial charge >= 0.3 is 0 Å². The minimum absolute atomic E-state index is 0.140. The Morgan fingerprint density at radius 3 is 2.29 bits per heavy atom. The monoisotopic (exact) mass is 239 g/mol. The fourth-order valence-electron chi connectivity index (χ4n) is 1.30. The Kier molecular flexibility index (Phi) is 6.81. The molecule has 0 aromatic rings. The number of sulfonamides is 1. The largest absolute Gasteiger partial charge is 0.214 e. The molecule has 86 valence electrons. The molecule has 0 aliphatic heterocycles. The van der Waals surface area contributed by atoms with E-state index < -0.39 is 10.0 Å². The highest BCUT2D eigenvalue weighted by Crippen LogP contribution is 2.13. The maximum atomic E-state index is 11.7. The molecular weight excluding hydrogens is 218 g/mol. The molecule has 0 rings (SSSR count). The standard InChI is InChI=1S/C9H21NO2S2/c1-5-7-14(11,12)10(3)9(6-2)8-13-4/h9H,5-8H2,1-4H3. The Bertz CT molecular complexity index is 239. The van der Waals surface area contributed by atoms with Crippen molar-refractivity contribution >= 4 is 21.8 Å². The normalized spacial score (nSPS) is 14.6. The van der Waals surface area contributed by atoms with E-state index in [1.165, 1.54) is 4.31 Å². The maximum Gasteiger partial charge on any atom is 0.214 e. The van der Waals surface area contributed by atoms with Gasteiger partial charge in [-0.25, -0.2) is 12.7 Å². The first-order valence-corrected chi connectivity index (χ1v) is 7.94. The van der Waals surface area contributed by atoms with Crippen molar-refractivity contribution in [2.24, 2.45) is 0 Å². The fourth-order valence-corrected chi connectivity index (χ4v) is 3.72. The van der Waals surface area contributed by atoms with Crippen LogP contribution in [-0.2, 0) is 10.0 Å². The fraction of sp³-hybridized carbons (Fsp3) is 1.00. The van der Waals surface area contributed by atoms with Gasteiger partial charge in [0, 0.05) is 18.8 Å². The van der Waals surface area contributed by atoms with E-state index in [0.717, 1.165) is 12.2 Å². The van der Waals surface area contributed by atoms with Crippen LogP contribution in [0.4, 0.5) is 0 Å². The molecule has 3 nitrogen and oxygen atoms in total. The molecule has 0 aromatic carbocycles. The number of hydrogen-bond acceptors (Lipinski definition) is 3. The minimum atomic E-state index is -3.02. The molecule has 14 heavy (non-hydrogen) atoms. The summed E-state index contributed by atoms with van der Waals surface area (Å²) in [6, 6.07) is 0.140. The lowest BCUT2D eigenvalue weighted by Crippen LogP contribution is -2.39. The van der Waals surface area contributed by atoms with Gasteiger partial charge < -0.3 is 0 Å². The van der Waals surface area contributed by atoms with Gasteiger partial charge in [0.1, 0.15) is 0 Å². The molecule has 1 atom stereocenters. The number of thioether (sulfide) groups is 1. The summed E-state index contributed by atoms with van der Waals surface area (Å²) < 4.78 is 25.0. The zero-order valence-electron chi connectivity index (χ0n) is 9.49. The zero-order valence-corrected chi connectivity index (χ0v) is 11.1. The summed E-state index contributed by atoms with van der Waals surface area (Å²) in [5, 5.41) is 0. The third-order valence-corrected chi connectivity index (χ3v) is 5.06. The van der Waals surface area contributed by atoms with Crippen LogP contribution in [0.15, 0.2) is 0 Å². The Labute approximate surface area is 92.3 Å². The second kappa shape index (κ2) is 6.69. The molecule has 0 amide bonds. The molecule has 0 aliphatic carbocycles. The predicted molar refractivity (Wildman–Crippen MR) is 64.3 cm³/mol. The highest BCUT2D eigenvalue weighted by atomic mass is 32.2. The van der Waals surface area contributed by atoms with Crippen molar-refractivity contribution in [2.45, 2.75) is 32.7 Å². The van der Waals surface area contributed by atoms with E-state index in [0.29, 0.717) is 6.42 Å². The van der Waals surface area contributed by atoms with Crippen molar-refractivity contribution in [3.05, 3.63) is 0 Å². The van der Waals surface area contributed by atoms with Gasteiger partial charge in [-0.1, -0.05) is 13.8 Å².